The Bertz CT molecular complexity index is 565. The van der Waals surface area contributed by atoms with Crippen molar-refractivity contribution in [1.29, 1.82) is 0 Å². The van der Waals surface area contributed by atoms with Gasteiger partial charge in [0.15, 0.2) is 0 Å². The molecule has 1 aromatic heterocycles. The van der Waals surface area contributed by atoms with Gasteiger partial charge in [-0.05, 0) is 18.4 Å². The highest BCUT2D eigenvalue weighted by Gasteiger charge is 2.27. The molecule has 106 valence electrons. The first-order chi connectivity index (χ1) is 8.90. The van der Waals surface area contributed by atoms with Gasteiger partial charge in [-0.3, -0.25) is 0 Å². The van der Waals surface area contributed by atoms with Gasteiger partial charge in [0.05, 0.1) is 11.6 Å². The van der Waals surface area contributed by atoms with Gasteiger partial charge >= 0.3 is 0 Å². The second-order valence-corrected chi connectivity index (χ2v) is 6.99. The number of sulfonamides is 1. The number of nitrogens with zero attached hydrogens (tertiary/aromatic N) is 1. The van der Waals surface area contributed by atoms with E-state index in [0.717, 1.165) is 0 Å². The maximum atomic E-state index is 12.2. The molecule has 1 aromatic rings. The Morgan fingerprint density at radius 3 is 2.84 bits per heavy atom. The smallest absolute Gasteiger partial charge is 0.242 e. The van der Waals surface area contributed by atoms with E-state index in [1.54, 1.807) is 0 Å². The number of nitrogens with one attached hydrogen (secondary N) is 1. The molecule has 2 heterocycles. The van der Waals surface area contributed by atoms with Crippen molar-refractivity contribution in [2.75, 3.05) is 13.2 Å². The highest BCUT2D eigenvalue weighted by Crippen LogP contribution is 2.23. The molecule has 0 saturated carbocycles. The standard InChI is InChI=1S/C11H14Cl2N2O3S/c1-7-6-18-3-2-10(7)15-19(16,17)8-4-9(12)11(13)14-5-8/h4-5,7,10,15H,2-3,6H2,1H3. The Hall–Kier alpha value is -0.400. The van der Waals surface area contributed by atoms with Crippen LogP contribution < -0.4 is 4.72 Å². The maximum Gasteiger partial charge on any atom is 0.242 e. The van der Waals surface area contributed by atoms with Crippen molar-refractivity contribution < 1.29 is 13.2 Å². The summed E-state index contributed by atoms with van der Waals surface area (Å²) in [7, 11) is -3.64. The highest BCUT2D eigenvalue weighted by molar-refractivity contribution is 7.89. The van der Waals surface area contributed by atoms with Crippen LogP contribution in [0.15, 0.2) is 17.2 Å². The molecule has 0 aliphatic carbocycles. The van der Waals surface area contributed by atoms with Gasteiger partial charge in [-0.2, -0.15) is 0 Å². The summed E-state index contributed by atoms with van der Waals surface area (Å²) in [5.74, 6) is 0.124. The molecule has 2 rings (SSSR count). The van der Waals surface area contributed by atoms with Crippen molar-refractivity contribution in [2.45, 2.75) is 24.3 Å². The summed E-state index contributed by atoms with van der Waals surface area (Å²) in [6.07, 6.45) is 1.84. The maximum absolute atomic E-state index is 12.2. The first-order valence-electron chi connectivity index (χ1n) is 5.81. The third-order valence-corrected chi connectivity index (χ3v) is 5.17. The van der Waals surface area contributed by atoms with Crippen LogP contribution in [-0.4, -0.2) is 32.7 Å². The van der Waals surface area contributed by atoms with Crippen LogP contribution in [0.2, 0.25) is 10.2 Å². The second kappa shape index (κ2) is 5.93. The highest BCUT2D eigenvalue weighted by atomic mass is 35.5. The fourth-order valence-electron chi connectivity index (χ4n) is 1.87. The number of rotatable bonds is 3. The van der Waals surface area contributed by atoms with Crippen molar-refractivity contribution in [3.8, 4) is 0 Å². The minimum atomic E-state index is -3.64. The minimum absolute atomic E-state index is 0.0144. The van der Waals surface area contributed by atoms with E-state index in [4.69, 9.17) is 27.9 Å². The number of halogens is 2. The lowest BCUT2D eigenvalue weighted by Crippen LogP contribution is -2.44. The molecule has 2 atom stereocenters. The van der Waals surface area contributed by atoms with E-state index in [-0.39, 0.29) is 27.0 Å². The summed E-state index contributed by atoms with van der Waals surface area (Å²) in [5, 5.41) is 0.199. The Morgan fingerprint density at radius 1 is 1.47 bits per heavy atom. The first kappa shape index (κ1) is 15.0. The van der Waals surface area contributed by atoms with Gasteiger partial charge in [-0.1, -0.05) is 30.1 Å². The van der Waals surface area contributed by atoms with Gasteiger partial charge in [0, 0.05) is 18.8 Å². The van der Waals surface area contributed by atoms with E-state index < -0.39 is 10.0 Å². The molecule has 1 aliphatic rings. The lowest BCUT2D eigenvalue weighted by atomic mass is 9.99. The molecular weight excluding hydrogens is 311 g/mol. The van der Waals surface area contributed by atoms with E-state index >= 15 is 0 Å². The number of ether oxygens (including phenoxy) is 1. The summed E-state index contributed by atoms with van der Waals surface area (Å²) >= 11 is 11.5. The Labute approximate surface area is 122 Å². The van der Waals surface area contributed by atoms with Crippen LogP contribution in [0, 0.1) is 5.92 Å². The lowest BCUT2D eigenvalue weighted by Gasteiger charge is -2.29. The fraction of sp³-hybridized carbons (Fsp3) is 0.545. The molecule has 0 spiro atoms. The molecule has 1 fully saturated rings. The normalized spacial score (nSPS) is 24.4. The molecule has 19 heavy (non-hydrogen) atoms. The van der Waals surface area contributed by atoms with Crippen LogP contribution >= 0.6 is 23.2 Å². The third kappa shape index (κ3) is 3.58. The fourth-order valence-corrected chi connectivity index (χ4v) is 3.56. The molecule has 0 aromatic carbocycles. The van der Waals surface area contributed by atoms with E-state index in [0.29, 0.717) is 19.6 Å². The number of hydrogen-bond acceptors (Lipinski definition) is 4. The van der Waals surface area contributed by atoms with Crippen molar-refractivity contribution in [2.24, 2.45) is 5.92 Å². The summed E-state index contributed by atoms with van der Waals surface area (Å²) in [4.78, 5) is 3.76. The molecular formula is C11H14Cl2N2O3S. The van der Waals surface area contributed by atoms with Crippen LogP contribution in [0.1, 0.15) is 13.3 Å². The van der Waals surface area contributed by atoms with Crippen molar-refractivity contribution >= 4 is 33.2 Å². The van der Waals surface area contributed by atoms with Gasteiger partial charge in [-0.25, -0.2) is 18.1 Å². The summed E-state index contributed by atoms with van der Waals surface area (Å²) in [6.45, 7) is 3.05. The molecule has 1 N–H and O–H groups in total. The van der Waals surface area contributed by atoms with E-state index in [1.807, 2.05) is 6.92 Å². The SMILES string of the molecule is CC1COCCC1NS(=O)(=O)c1cnc(Cl)c(Cl)c1. The predicted molar refractivity (Wildman–Crippen MR) is 73.0 cm³/mol. The molecule has 1 aliphatic heterocycles. The summed E-state index contributed by atoms with van der Waals surface area (Å²) in [6, 6.07) is 1.15. The first-order valence-corrected chi connectivity index (χ1v) is 8.05. The van der Waals surface area contributed by atoms with Crippen molar-refractivity contribution in [3.05, 3.63) is 22.4 Å². The molecule has 2 unspecified atom stereocenters. The van der Waals surface area contributed by atoms with Gasteiger partial charge in [0.2, 0.25) is 10.0 Å². The van der Waals surface area contributed by atoms with Gasteiger partial charge in [-0.15, -0.1) is 0 Å². The van der Waals surface area contributed by atoms with Crippen molar-refractivity contribution in [1.82, 2.24) is 9.71 Å². The Kier molecular flexibility index (Phi) is 4.68. The zero-order valence-electron chi connectivity index (χ0n) is 10.3. The molecule has 1 saturated heterocycles. The van der Waals surface area contributed by atoms with Gasteiger partial charge in [0.1, 0.15) is 10.0 Å². The summed E-state index contributed by atoms with van der Waals surface area (Å²) in [5.41, 5.74) is 0. The Morgan fingerprint density at radius 2 is 2.21 bits per heavy atom. The molecule has 5 nitrogen and oxygen atoms in total. The monoisotopic (exact) mass is 324 g/mol. The quantitative estimate of drug-likeness (QED) is 0.864. The number of aromatic nitrogens is 1. The summed E-state index contributed by atoms with van der Waals surface area (Å²) < 4.78 is 32.4. The number of hydrogen-bond donors (Lipinski definition) is 1. The van der Waals surface area contributed by atoms with E-state index in [2.05, 4.69) is 9.71 Å². The van der Waals surface area contributed by atoms with E-state index in [1.165, 1.54) is 12.3 Å². The minimum Gasteiger partial charge on any atom is -0.381 e. The molecule has 8 heteroatoms. The average molecular weight is 325 g/mol. The van der Waals surface area contributed by atoms with Crippen LogP contribution in [0.3, 0.4) is 0 Å². The van der Waals surface area contributed by atoms with Gasteiger partial charge < -0.3 is 4.74 Å². The van der Waals surface area contributed by atoms with E-state index in [9.17, 15) is 8.42 Å². The van der Waals surface area contributed by atoms with Crippen molar-refractivity contribution in [3.63, 3.8) is 0 Å². The Balaban J connectivity index is 2.19. The van der Waals surface area contributed by atoms with Gasteiger partial charge in [0.25, 0.3) is 0 Å². The lowest BCUT2D eigenvalue weighted by molar-refractivity contribution is 0.0450. The molecule has 0 radical (unpaired) electrons. The topological polar surface area (TPSA) is 68.3 Å². The van der Waals surface area contributed by atoms with Crippen LogP contribution in [0.25, 0.3) is 0 Å². The van der Waals surface area contributed by atoms with Crippen LogP contribution in [-0.2, 0) is 14.8 Å². The average Bonchev–Trinajstić information content (AvgIpc) is 2.35. The molecule has 0 amide bonds. The zero-order valence-corrected chi connectivity index (χ0v) is 12.6. The predicted octanol–water partition coefficient (Wildman–Crippen LogP) is 2.09. The zero-order chi connectivity index (χ0) is 14.0. The largest absolute Gasteiger partial charge is 0.381 e. The van der Waals surface area contributed by atoms with Crippen LogP contribution in [0.4, 0.5) is 0 Å². The number of pyridine rings is 1. The van der Waals surface area contributed by atoms with Crippen LogP contribution in [0.5, 0.6) is 0 Å². The second-order valence-electron chi connectivity index (χ2n) is 4.51. The molecule has 0 bridgehead atoms. The third-order valence-electron chi connectivity index (χ3n) is 3.03.